The third-order valence-electron chi connectivity index (χ3n) is 4.56. The van der Waals surface area contributed by atoms with Crippen LogP contribution in [0.1, 0.15) is 32.3 Å². The first-order valence-electron chi connectivity index (χ1n) is 10.1. The summed E-state index contributed by atoms with van der Waals surface area (Å²) in [6.45, 7) is 5.54. The van der Waals surface area contributed by atoms with Gasteiger partial charge in [0.15, 0.2) is 0 Å². The Bertz CT molecular complexity index is 1260. The molecule has 0 unspecified atom stereocenters. The summed E-state index contributed by atoms with van der Waals surface area (Å²) in [7, 11) is -12.6. The highest BCUT2D eigenvalue weighted by Gasteiger charge is 2.16. The number of rotatable bonds is 13. The number of aliphatic imine (C=N–C) groups is 1. The molecule has 0 saturated carbocycles. The second-order valence-corrected chi connectivity index (χ2v) is 12.1. The third-order valence-corrected chi connectivity index (χ3v) is 7.02. The van der Waals surface area contributed by atoms with Crippen molar-refractivity contribution in [2.75, 3.05) is 29.5 Å². The number of benzene rings is 1. The highest BCUT2D eigenvalue weighted by atomic mass is 32.2. The topological polar surface area (TPSA) is 179 Å². The van der Waals surface area contributed by atoms with Gasteiger partial charge in [0.05, 0.1) is 16.4 Å². The zero-order valence-corrected chi connectivity index (χ0v) is 21.6. The van der Waals surface area contributed by atoms with Crippen molar-refractivity contribution in [3.05, 3.63) is 47.7 Å². The second-order valence-electron chi connectivity index (χ2n) is 7.54. The maximum atomic E-state index is 11.4. The molecule has 0 bridgehead atoms. The van der Waals surface area contributed by atoms with Gasteiger partial charge in [-0.25, -0.2) is 0 Å². The van der Waals surface area contributed by atoms with E-state index < -0.39 is 36.1 Å². The lowest BCUT2D eigenvalue weighted by molar-refractivity contribution is 0.479. The summed E-state index contributed by atoms with van der Waals surface area (Å²) < 4.78 is 93.5. The highest BCUT2D eigenvalue weighted by Crippen LogP contribution is 2.26. The summed E-state index contributed by atoms with van der Waals surface area (Å²) in [6.07, 6.45) is 5.37. The van der Waals surface area contributed by atoms with Crippen LogP contribution in [0.2, 0.25) is 0 Å². The van der Waals surface area contributed by atoms with Crippen LogP contribution < -0.4 is 4.90 Å². The van der Waals surface area contributed by atoms with Gasteiger partial charge in [-0.2, -0.15) is 25.3 Å². The SMILES string of the molecule is CC(/C=C/C=C(\C)N(CCCS(=O)(=O)O)c1ccc(S(=O)(=O)O)cc1C)=NCCCS(=O)(=O)O. The van der Waals surface area contributed by atoms with Gasteiger partial charge in [0.1, 0.15) is 0 Å². The largest absolute Gasteiger partial charge is 0.345 e. The van der Waals surface area contributed by atoms with Gasteiger partial charge in [0.2, 0.25) is 0 Å². The van der Waals surface area contributed by atoms with Gasteiger partial charge >= 0.3 is 0 Å². The Hall–Kier alpha value is -2.10. The fourth-order valence-electron chi connectivity index (χ4n) is 2.95. The molecule has 0 radical (unpaired) electrons. The molecule has 0 atom stereocenters. The zero-order valence-electron chi connectivity index (χ0n) is 19.1. The maximum absolute atomic E-state index is 11.4. The molecule has 34 heavy (non-hydrogen) atoms. The van der Waals surface area contributed by atoms with Crippen molar-refractivity contribution in [3.8, 4) is 0 Å². The maximum Gasteiger partial charge on any atom is 0.294 e. The lowest BCUT2D eigenvalue weighted by atomic mass is 10.1. The first-order chi connectivity index (χ1) is 15.5. The molecular weight excluding hydrogens is 508 g/mol. The van der Waals surface area contributed by atoms with Crippen LogP contribution in [0.25, 0.3) is 0 Å². The summed E-state index contributed by atoms with van der Waals surface area (Å²) in [6, 6.07) is 4.03. The van der Waals surface area contributed by atoms with Gasteiger partial charge in [-0.3, -0.25) is 18.7 Å². The van der Waals surface area contributed by atoms with Crippen LogP contribution in [-0.2, 0) is 30.4 Å². The van der Waals surface area contributed by atoms with Gasteiger partial charge in [0.25, 0.3) is 30.4 Å². The molecule has 0 aliphatic carbocycles. The molecule has 0 spiro atoms. The molecule has 0 amide bonds. The Labute approximate surface area is 201 Å². The summed E-state index contributed by atoms with van der Waals surface area (Å²) in [4.78, 5) is 5.66. The van der Waals surface area contributed by atoms with E-state index in [4.69, 9.17) is 9.11 Å². The minimum atomic E-state index is -4.38. The number of anilines is 1. The van der Waals surface area contributed by atoms with Crippen LogP contribution >= 0.6 is 0 Å². The average Bonchev–Trinajstić information content (AvgIpc) is 2.66. The summed E-state index contributed by atoms with van der Waals surface area (Å²) in [5.41, 5.74) is 2.40. The molecule has 0 fully saturated rings. The molecule has 11 nitrogen and oxygen atoms in total. The van der Waals surface area contributed by atoms with Gasteiger partial charge < -0.3 is 4.90 Å². The third kappa shape index (κ3) is 11.9. The number of hydrogen-bond acceptors (Lipinski definition) is 8. The lowest BCUT2D eigenvalue weighted by Crippen LogP contribution is -2.25. The molecule has 0 heterocycles. The second kappa shape index (κ2) is 12.6. The first kappa shape index (κ1) is 29.9. The van der Waals surface area contributed by atoms with E-state index in [1.165, 1.54) is 18.2 Å². The van der Waals surface area contributed by atoms with Crippen LogP contribution in [0.3, 0.4) is 0 Å². The quantitative estimate of drug-likeness (QED) is 0.146. The highest BCUT2D eigenvalue weighted by molar-refractivity contribution is 7.86. The number of nitrogens with zero attached hydrogens (tertiary/aromatic N) is 2. The van der Waals surface area contributed by atoms with Crippen molar-refractivity contribution in [3.63, 3.8) is 0 Å². The number of hydrogen-bond donors (Lipinski definition) is 3. The lowest BCUT2D eigenvalue weighted by Gasteiger charge is -2.27. The predicted molar refractivity (Wildman–Crippen MR) is 131 cm³/mol. The van der Waals surface area contributed by atoms with Crippen LogP contribution in [0.4, 0.5) is 5.69 Å². The fourth-order valence-corrected chi connectivity index (χ4v) is 4.51. The number of aryl methyl sites for hydroxylation is 1. The predicted octanol–water partition coefficient (Wildman–Crippen LogP) is 2.52. The van der Waals surface area contributed by atoms with Crippen molar-refractivity contribution < 1.29 is 38.9 Å². The van der Waals surface area contributed by atoms with Crippen molar-refractivity contribution >= 4 is 41.8 Å². The van der Waals surface area contributed by atoms with Gasteiger partial charge in [-0.15, -0.1) is 0 Å². The molecular formula is C20H30N2O9S3. The first-order valence-corrected chi connectivity index (χ1v) is 14.8. The summed E-state index contributed by atoms with van der Waals surface area (Å²) in [5.74, 6) is -0.829. The molecule has 3 N–H and O–H groups in total. The monoisotopic (exact) mass is 538 g/mol. The van der Waals surface area contributed by atoms with Crippen LogP contribution in [0, 0.1) is 6.92 Å². The molecule has 192 valence electrons. The molecule has 1 aromatic carbocycles. The van der Waals surface area contributed by atoms with E-state index in [1.54, 1.807) is 43.9 Å². The van der Waals surface area contributed by atoms with E-state index in [-0.39, 0.29) is 36.6 Å². The van der Waals surface area contributed by atoms with E-state index in [1.807, 2.05) is 0 Å². The van der Waals surface area contributed by atoms with Crippen LogP contribution in [0.15, 0.2) is 52.0 Å². The molecule has 0 aliphatic rings. The Morgan fingerprint density at radius 1 is 0.971 bits per heavy atom. The normalized spacial score (nSPS) is 14.1. The fraction of sp³-hybridized carbons (Fsp3) is 0.450. The molecule has 0 aromatic heterocycles. The van der Waals surface area contributed by atoms with E-state index in [0.29, 0.717) is 22.7 Å². The van der Waals surface area contributed by atoms with Crippen molar-refractivity contribution in [1.82, 2.24) is 0 Å². The van der Waals surface area contributed by atoms with Gasteiger partial charge in [-0.1, -0.05) is 6.08 Å². The van der Waals surface area contributed by atoms with E-state index in [0.717, 1.165) is 0 Å². The van der Waals surface area contributed by atoms with Crippen molar-refractivity contribution in [2.24, 2.45) is 4.99 Å². The Morgan fingerprint density at radius 3 is 2.09 bits per heavy atom. The molecule has 14 heteroatoms. The van der Waals surface area contributed by atoms with Gasteiger partial charge in [-0.05, 0) is 69.5 Å². The van der Waals surface area contributed by atoms with E-state index >= 15 is 0 Å². The summed E-state index contributed by atoms with van der Waals surface area (Å²) in [5, 5.41) is 0. The minimum Gasteiger partial charge on any atom is -0.345 e. The van der Waals surface area contributed by atoms with Crippen LogP contribution in [0.5, 0.6) is 0 Å². The Morgan fingerprint density at radius 2 is 1.56 bits per heavy atom. The van der Waals surface area contributed by atoms with E-state index in [9.17, 15) is 29.8 Å². The zero-order chi connectivity index (χ0) is 26.2. The standard InChI is InChI=1S/C20H30N2O9S3/c1-16-15-19(34(29,30)31)9-10-20(16)22(12-6-14-33(26,27)28)18(3)8-4-7-17(2)21-11-5-13-32(23,24)25/h4,7-10,15H,5-6,11-14H2,1-3H3,(H,23,24,25)(H,26,27,28)(H,29,30,31)/b7-4+,18-8+,21-17?. The minimum absolute atomic E-state index is 0.0987. The smallest absolute Gasteiger partial charge is 0.294 e. The van der Waals surface area contributed by atoms with Crippen molar-refractivity contribution in [1.29, 1.82) is 0 Å². The molecule has 0 aliphatic heterocycles. The summed E-state index contributed by atoms with van der Waals surface area (Å²) >= 11 is 0. The Kier molecular flexibility index (Phi) is 11.1. The van der Waals surface area contributed by atoms with Crippen molar-refractivity contribution in [2.45, 2.75) is 38.5 Å². The van der Waals surface area contributed by atoms with E-state index in [2.05, 4.69) is 4.99 Å². The molecule has 1 aromatic rings. The number of allylic oxidation sites excluding steroid dienone is 4. The average molecular weight is 539 g/mol. The molecule has 1 rings (SSSR count). The van der Waals surface area contributed by atoms with Crippen LogP contribution in [-0.4, -0.2) is 69.2 Å². The molecule has 0 saturated heterocycles. The Balaban J connectivity index is 3.10. The van der Waals surface area contributed by atoms with Gasteiger partial charge in [0, 0.05) is 30.2 Å².